The van der Waals surface area contributed by atoms with Crippen molar-refractivity contribution in [2.24, 2.45) is 5.92 Å². The lowest BCUT2D eigenvalue weighted by atomic mass is 10.0. The summed E-state index contributed by atoms with van der Waals surface area (Å²) in [5.41, 5.74) is 1.92. The third-order valence-electron chi connectivity index (χ3n) is 6.52. The van der Waals surface area contributed by atoms with Crippen molar-refractivity contribution in [2.45, 2.75) is 32.9 Å². The molecule has 41 heavy (non-hydrogen) atoms. The van der Waals surface area contributed by atoms with E-state index < -0.39 is 28.5 Å². The van der Waals surface area contributed by atoms with E-state index in [0.717, 1.165) is 26.2 Å². The van der Waals surface area contributed by atoms with Gasteiger partial charge in [0.1, 0.15) is 12.6 Å². The second-order valence-electron chi connectivity index (χ2n) is 10.3. The molecule has 2 amide bonds. The van der Waals surface area contributed by atoms with E-state index in [1.807, 2.05) is 68.4 Å². The molecule has 1 heterocycles. The summed E-state index contributed by atoms with van der Waals surface area (Å²) in [7, 11) is -3.89. The highest BCUT2D eigenvalue weighted by molar-refractivity contribution is 9.10. The first-order valence-corrected chi connectivity index (χ1v) is 15.9. The summed E-state index contributed by atoms with van der Waals surface area (Å²) in [5, 5.41) is 2.97. The molecule has 0 fully saturated rings. The Labute approximate surface area is 249 Å². The van der Waals surface area contributed by atoms with Crippen molar-refractivity contribution < 1.29 is 27.5 Å². The molecule has 1 aliphatic rings. The first kappa shape index (κ1) is 30.4. The maximum Gasteiger partial charge on any atom is 0.244 e. The summed E-state index contributed by atoms with van der Waals surface area (Å²) in [6.07, 6.45) is 1.30. The van der Waals surface area contributed by atoms with Crippen LogP contribution >= 0.6 is 15.9 Å². The highest BCUT2D eigenvalue weighted by Crippen LogP contribution is 2.36. The van der Waals surface area contributed by atoms with Crippen molar-refractivity contribution in [1.82, 2.24) is 10.2 Å². The molecule has 9 nitrogen and oxygen atoms in total. The zero-order valence-electron chi connectivity index (χ0n) is 23.2. The number of fused-ring (bicyclic) bond motifs is 1. The molecule has 1 aliphatic heterocycles. The van der Waals surface area contributed by atoms with Gasteiger partial charge in [-0.25, -0.2) is 8.42 Å². The number of hydrogen-bond donors (Lipinski definition) is 1. The predicted octanol–water partition coefficient (Wildman–Crippen LogP) is 4.36. The molecule has 11 heteroatoms. The molecule has 3 aromatic rings. The number of carbonyl (C=O) groups is 2. The van der Waals surface area contributed by atoms with Crippen LogP contribution in [0, 0.1) is 5.92 Å². The fourth-order valence-electron chi connectivity index (χ4n) is 4.46. The monoisotopic (exact) mass is 643 g/mol. The second-order valence-corrected chi connectivity index (χ2v) is 13.1. The van der Waals surface area contributed by atoms with E-state index in [9.17, 15) is 18.0 Å². The Balaban J connectivity index is 1.72. The number of hydrogen-bond acceptors (Lipinski definition) is 6. The van der Waals surface area contributed by atoms with Crippen molar-refractivity contribution in [2.75, 3.05) is 30.4 Å². The van der Waals surface area contributed by atoms with Crippen LogP contribution in [0.1, 0.15) is 25.0 Å². The predicted molar refractivity (Wildman–Crippen MR) is 161 cm³/mol. The van der Waals surface area contributed by atoms with Crippen LogP contribution in [0.5, 0.6) is 11.5 Å². The average Bonchev–Trinajstić information content (AvgIpc) is 3.40. The SMILES string of the molecule is CC(C)CNC(=O)C(Cc1ccccc1)N(Cc1cccc(Br)c1)C(=O)CN(c1ccc2c(c1)OCO2)S(C)(=O)=O. The summed E-state index contributed by atoms with van der Waals surface area (Å²) < 4.78 is 38.6. The van der Waals surface area contributed by atoms with Gasteiger partial charge in [-0.15, -0.1) is 0 Å². The Hall–Kier alpha value is -3.57. The minimum absolute atomic E-state index is 0.0314. The van der Waals surface area contributed by atoms with Crippen LogP contribution in [0.3, 0.4) is 0 Å². The standard InChI is InChI=1S/C30H34BrN3O6S/c1-21(2)17-32-30(36)26(15-22-8-5-4-6-9-22)33(18-23-10-7-11-24(31)14-23)29(35)19-34(41(3,37)38)25-12-13-27-28(16-25)40-20-39-27/h4-14,16,21,26H,15,17-20H2,1-3H3,(H,32,36). The molecule has 0 saturated carbocycles. The molecule has 0 aliphatic carbocycles. The van der Waals surface area contributed by atoms with Crippen molar-refractivity contribution >= 4 is 43.5 Å². The normalized spacial score (nSPS) is 13.1. The van der Waals surface area contributed by atoms with Crippen molar-refractivity contribution in [1.29, 1.82) is 0 Å². The van der Waals surface area contributed by atoms with Gasteiger partial charge in [-0.05, 0) is 41.3 Å². The van der Waals surface area contributed by atoms with E-state index in [1.54, 1.807) is 12.1 Å². The summed E-state index contributed by atoms with van der Waals surface area (Å²) in [6, 6.07) is 20.7. The van der Waals surface area contributed by atoms with Gasteiger partial charge in [-0.1, -0.05) is 72.2 Å². The number of rotatable bonds is 12. The molecular formula is C30H34BrN3O6S. The molecular weight excluding hydrogens is 610 g/mol. The van der Waals surface area contributed by atoms with E-state index in [-0.39, 0.29) is 37.3 Å². The smallest absolute Gasteiger partial charge is 0.244 e. The number of carbonyl (C=O) groups excluding carboxylic acids is 2. The zero-order chi connectivity index (χ0) is 29.6. The summed E-state index contributed by atoms with van der Waals surface area (Å²) in [5.74, 6) is 0.269. The van der Waals surface area contributed by atoms with E-state index in [0.29, 0.717) is 18.0 Å². The number of nitrogens with one attached hydrogen (secondary N) is 1. The lowest BCUT2D eigenvalue weighted by molar-refractivity contribution is -0.140. The zero-order valence-corrected chi connectivity index (χ0v) is 25.7. The number of sulfonamides is 1. The van der Waals surface area contributed by atoms with Gasteiger partial charge >= 0.3 is 0 Å². The molecule has 3 aromatic carbocycles. The van der Waals surface area contributed by atoms with Gasteiger partial charge in [0, 0.05) is 30.0 Å². The van der Waals surface area contributed by atoms with Gasteiger partial charge in [0.2, 0.25) is 28.6 Å². The largest absolute Gasteiger partial charge is 0.454 e. The molecule has 0 spiro atoms. The second kappa shape index (κ2) is 13.4. The van der Waals surface area contributed by atoms with Crippen LogP contribution in [0.4, 0.5) is 5.69 Å². The highest BCUT2D eigenvalue weighted by atomic mass is 79.9. The molecule has 0 aromatic heterocycles. The van der Waals surface area contributed by atoms with Crippen molar-refractivity contribution in [3.05, 3.63) is 88.4 Å². The summed E-state index contributed by atoms with van der Waals surface area (Å²) >= 11 is 3.48. The fourth-order valence-corrected chi connectivity index (χ4v) is 5.75. The molecule has 0 saturated heterocycles. The molecule has 218 valence electrons. The molecule has 1 N–H and O–H groups in total. The quantitative estimate of drug-likeness (QED) is 0.315. The number of halogens is 1. The van der Waals surface area contributed by atoms with Gasteiger partial charge in [0.25, 0.3) is 0 Å². The van der Waals surface area contributed by atoms with Gasteiger partial charge in [0.15, 0.2) is 11.5 Å². The lowest BCUT2D eigenvalue weighted by Gasteiger charge is -2.33. The van der Waals surface area contributed by atoms with Crippen LogP contribution in [0.2, 0.25) is 0 Å². The number of amides is 2. The van der Waals surface area contributed by atoms with Crippen LogP contribution in [-0.2, 0) is 32.6 Å². The van der Waals surface area contributed by atoms with Gasteiger partial charge in [0.05, 0.1) is 11.9 Å². The fraction of sp³-hybridized carbons (Fsp3) is 0.333. The maximum absolute atomic E-state index is 14.1. The molecule has 1 atom stereocenters. The summed E-state index contributed by atoms with van der Waals surface area (Å²) in [6.45, 7) is 4.05. The van der Waals surface area contributed by atoms with Crippen LogP contribution in [0.15, 0.2) is 77.3 Å². The Kier molecular flexibility index (Phi) is 9.93. The Morgan fingerprint density at radius 2 is 1.66 bits per heavy atom. The molecule has 0 radical (unpaired) electrons. The van der Waals surface area contributed by atoms with E-state index >= 15 is 0 Å². The summed E-state index contributed by atoms with van der Waals surface area (Å²) in [4.78, 5) is 29.3. The van der Waals surface area contributed by atoms with Gasteiger partial charge < -0.3 is 19.7 Å². The lowest BCUT2D eigenvalue weighted by Crippen LogP contribution is -2.53. The number of benzene rings is 3. The highest BCUT2D eigenvalue weighted by Gasteiger charge is 2.33. The minimum Gasteiger partial charge on any atom is -0.454 e. The van der Waals surface area contributed by atoms with E-state index in [4.69, 9.17) is 9.47 Å². The number of anilines is 1. The Bertz CT molecular complexity index is 1480. The Morgan fingerprint density at radius 1 is 0.951 bits per heavy atom. The molecule has 4 rings (SSSR count). The molecule has 1 unspecified atom stereocenters. The minimum atomic E-state index is -3.89. The first-order chi connectivity index (χ1) is 19.5. The third kappa shape index (κ3) is 8.23. The van der Waals surface area contributed by atoms with Gasteiger partial charge in [-0.3, -0.25) is 13.9 Å². The third-order valence-corrected chi connectivity index (χ3v) is 8.15. The van der Waals surface area contributed by atoms with Crippen LogP contribution in [0.25, 0.3) is 0 Å². The van der Waals surface area contributed by atoms with Crippen molar-refractivity contribution in [3.8, 4) is 11.5 Å². The van der Waals surface area contributed by atoms with Crippen molar-refractivity contribution in [3.63, 3.8) is 0 Å². The Morgan fingerprint density at radius 3 is 2.34 bits per heavy atom. The maximum atomic E-state index is 14.1. The van der Waals surface area contributed by atoms with E-state index in [1.165, 1.54) is 11.0 Å². The molecule has 0 bridgehead atoms. The topological polar surface area (TPSA) is 105 Å². The number of nitrogens with zero attached hydrogens (tertiary/aromatic N) is 2. The van der Waals surface area contributed by atoms with E-state index in [2.05, 4.69) is 21.2 Å². The van der Waals surface area contributed by atoms with Gasteiger partial charge in [-0.2, -0.15) is 0 Å². The number of ether oxygens (including phenoxy) is 2. The van der Waals surface area contributed by atoms with Crippen LogP contribution < -0.4 is 19.1 Å². The first-order valence-electron chi connectivity index (χ1n) is 13.2. The average molecular weight is 645 g/mol. The van der Waals surface area contributed by atoms with Crippen LogP contribution in [-0.4, -0.2) is 57.3 Å².